The van der Waals surface area contributed by atoms with Crippen LogP contribution in [0.4, 0.5) is 0 Å². The highest BCUT2D eigenvalue weighted by Crippen LogP contribution is 2.28. The number of rotatable bonds is 10. The van der Waals surface area contributed by atoms with Crippen LogP contribution in [0, 0.1) is 0 Å². The quantitative estimate of drug-likeness (QED) is 0.341. The van der Waals surface area contributed by atoms with Gasteiger partial charge in [0.15, 0.2) is 16.3 Å². The Morgan fingerprint density at radius 2 is 1.97 bits per heavy atom. The van der Waals surface area contributed by atoms with E-state index in [0.29, 0.717) is 17.3 Å². The lowest BCUT2D eigenvalue weighted by Crippen LogP contribution is -2.31. The van der Waals surface area contributed by atoms with Crippen LogP contribution in [0.3, 0.4) is 0 Å². The molecule has 0 bridgehead atoms. The summed E-state index contributed by atoms with van der Waals surface area (Å²) in [6.45, 7) is 3.77. The Morgan fingerprint density at radius 3 is 2.62 bits per heavy atom. The number of nitrogens with one attached hydrogen (secondary N) is 1. The summed E-state index contributed by atoms with van der Waals surface area (Å²) in [6, 6.07) is 9.04. The van der Waals surface area contributed by atoms with E-state index in [1.165, 1.54) is 16.2 Å². The predicted octanol–water partition coefficient (Wildman–Crippen LogP) is 1.30. The zero-order chi connectivity index (χ0) is 23.3. The predicted molar refractivity (Wildman–Crippen MR) is 120 cm³/mol. The number of hydrogen-bond acceptors (Lipinski definition) is 8. The normalized spacial score (nSPS) is 13.1. The maximum atomic E-state index is 12.6. The van der Waals surface area contributed by atoms with Gasteiger partial charge in [-0.05, 0) is 25.5 Å². The first-order valence-corrected chi connectivity index (χ1v) is 11.1. The van der Waals surface area contributed by atoms with Crippen LogP contribution < -0.4 is 16.0 Å². The number of para-hydroxylation sites is 1. The molecule has 2 heterocycles. The lowest BCUT2D eigenvalue weighted by atomic mass is 10.3. The van der Waals surface area contributed by atoms with E-state index in [1.807, 2.05) is 25.1 Å². The lowest BCUT2D eigenvalue weighted by molar-refractivity contribution is -0.142. The topological polar surface area (TPSA) is 128 Å². The van der Waals surface area contributed by atoms with Crippen LogP contribution in [-0.4, -0.2) is 54.7 Å². The second-order valence-electron chi connectivity index (χ2n) is 7.04. The summed E-state index contributed by atoms with van der Waals surface area (Å²) < 4.78 is 13.5. The van der Waals surface area contributed by atoms with E-state index in [2.05, 4.69) is 9.97 Å². The number of thioether (sulfide) groups is 1. The number of nitrogens with zero attached hydrogens (tertiary/aromatic N) is 3. The number of aryl methyl sites for hydroxylation is 1. The third-order valence-corrected chi connectivity index (χ3v) is 6.05. The molecule has 0 aliphatic rings. The largest absolute Gasteiger partial charge is 0.491 e. The fourth-order valence-electron chi connectivity index (χ4n) is 3.11. The van der Waals surface area contributed by atoms with Gasteiger partial charge in [0.2, 0.25) is 0 Å². The number of H-pyrrole nitrogens is 1. The Balaban J connectivity index is 1.95. The van der Waals surface area contributed by atoms with Crippen molar-refractivity contribution in [1.29, 1.82) is 0 Å². The molecular formula is C21H26N4O6S. The first-order chi connectivity index (χ1) is 15.3. The lowest BCUT2D eigenvalue weighted by Gasteiger charge is -2.17. The van der Waals surface area contributed by atoms with Gasteiger partial charge in [0, 0.05) is 7.05 Å². The monoisotopic (exact) mass is 462 g/mol. The Labute approximate surface area is 188 Å². The number of imidazole rings is 1. The number of benzene rings is 1. The number of aliphatic hydroxyl groups excluding tert-OH is 1. The first kappa shape index (κ1) is 23.6. The molecule has 0 saturated carbocycles. The number of ether oxygens (including phenoxy) is 2. The molecule has 0 aliphatic carbocycles. The van der Waals surface area contributed by atoms with E-state index in [0.717, 1.165) is 11.8 Å². The van der Waals surface area contributed by atoms with Crippen molar-refractivity contribution >= 4 is 28.9 Å². The van der Waals surface area contributed by atoms with Gasteiger partial charge in [-0.25, -0.2) is 9.78 Å². The molecule has 0 saturated heterocycles. The molecule has 3 aromatic rings. The van der Waals surface area contributed by atoms with Crippen molar-refractivity contribution in [2.75, 3.05) is 13.2 Å². The molecule has 2 aromatic heterocycles. The fraction of sp³-hybridized carbons (Fsp3) is 0.429. The van der Waals surface area contributed by atoms with Crippen molar-refractivity contribution in [3.8, 4) is 5.75 Å². The summed E-state index contributed by atoms with van der Waals surface area (Å²) in [5.74, 6) is 0.208. The summed E-state index contributed by atoms with van der Waals surface area (Å²) >= 11 is 1.13. The van der Waals surface area contributed by atoms with Crippen molar-refractivity contribution < 1.29 is 19.4 Å². The van der Waals surface area contributed by atoms with Crippen molar-refractivity contribution in [2.24, 2.45) is 7.05 Å². The van der Waals surface area contributed by atoms with Crippen LogP contribution in [0.5, 0.6) is 5.75 Å². The Bertz CT molecular complexity index is 1190. The molecule has 0 fully saturated rings. The van der Waals surface area contributed by atoms with Gasteiger partial charge in [-0.1, -0.05) is 36.9 Å². The van der Waals surface area contributed by atoms with Gasteiger partial charge in [0.1, 0.15) is 23.7 Å². The molecule has 0 amide bonds. The molecule has 1 aromatic carbocycles. The molecule has 2 N–H and O–H groups in total. The zero-order valence-corrected chi connectivity index (χ0v) is 18.9. The zero-order valence-electron chi connectivity index (χ0n) is 18.1. The van der Waals surface area contributed by atoms with Crippen molar-refractivity contribution in [3.63, 3.8) is 0 Å². The SMILES string of the molecule is CCOC(=O)[C@@H](CC)Sc1nc2c(c(=O)[nH]c(=O)n2C)n1C[C@@H](O)COc1ccccc1. The average molecular weight is 463 g/mol. The van der Waals surface area contributed by atoms with Crippen LogP contribution in [0.25, 0.3) is 11.2 Å². The van der Waals surface area contributed by atoms with E-state index in [1.54, 1.807) is 19.1 Å². The van der Waals surface area contributed by atoms with Crippen molar-refractivity contribution in [1.82, 2.24) is 19.1 Å². The van der Waals surface area contributed by atoms with Gasteiger partial charge < -0.3 is 19.1 Å². The highest BCUT2D eigenvalue weighted by molar-refractivity contribution is 8.00. The summed E-state index contributed by atoms with van der Waals surface area (Å²) in [5, 5.41) is 10.4. The van der Waals surface area contributed by atoms with Gasteiger partial charge in [-0.3, -0.25) is 19.1 Å². The number of fused-ring (bicyclic) bond motifs is 1. The van der Waals surface area contributed by atoms with Gasteiger partial charge in [0.25, 0.3) is 5.56 Å². The van der Waals surface area contributed by atoms with Gasteiger partial charge in [-0.2, -0.15) is 0 Å². The van der Waals surface area contributed by atoms with E-state index in [9.17, 15) is 19.5 Å². The third kappa shape index (κ3) is 5.22. The van der Waals surface area contributed by atoms with E-state index in [4.69, 9.17) is 9.47 Å². The molecule has 0 spiro atoms. The Hall–Kier alpha value is -3.05. The number of carbonyl (C=O) groups is 1. The van der Waals surface area contributed by atoms with Crippen molar-refractivity contribution in [3.05, 3.63) is 51.2 Å². The molecule has 3 rings (SSSR count). The second kappa shape index (κ2) is 10.5. The minimum atomic E-state index is -0.980. The summed E-state index contributed by atoms with van der Waals surface area (Å²) in [5.41, 5.74) is -0.930. The number of carbonyl (C=O) groups excluding carboxylic acids is 1. The molecule has 2 atom stereocenters. The number of aliphatic hydroxyl groups is 1. The molecule has 0 aliphatic heterocycles. The first-order valence-electron chi connectivity index (χ1n) is 10.2. The summed E-state index contributed by atoms with van der Waals surface area (Å²) in [7, 11) is 1.49. The number of esters is 1. The minimum Gasteiger partial charge on any atom is -0.491 e. The van der Waals surface area contributed by atoms with Crippen LogP contribution in [-0.2, 0) is 23.1 Å². The summed E-state index contributed by atoms with van der Waals surface area (Å²) in [6.07, 6.45) is -0.506. The number of hydrogen-bond donors (Lipinski definition) is 2. The standard InChI is InChI=1S/C21H26N4O6S/c1-4-15(19(28)30-5-2)32-21-22-17-16(18(27)23-20(29)24(17)3)25(21)11-13(26)12-31-14-9-7-6-8-10-14/h6-10,13,15,26H,4-5,11-12H2,1-3H3,(H,23,27,29)/t13-,15-/m1/s1. The molecular weight excluding hydrogens is 436 g/mol. The number of aromatic nitrogens is 4. The highest BCUT2D eigenvalue weighted by Gasteiger charge is 2.26. The molecule has 32 heavy (non-hydrogen) atoms. The fourth-order valence-corrected chi connectivity index (χ4v) is 4.12. The van der Waals surface area contributed by atoms with E-state index in [-0.39, 0.29) is 30.9 Å². The third-order valence-electron chi connectivity index (χ3n) is 4.72. The Morgan fingerprint density at radius 1 is 1.25 bits per heavy atom. The maximum Gasteiger partial charge on any atom is 0.329 e. The van der Waals surface area contributed by atoms with Gasteiger partial charge in [-0.15, -0.1) is 0 Å². The number of aromatic amines is 1. The maximum absolute atomic E-state index is 12.6. The highest BCUT2D eigenvalue weighted by atomic mass is 32.2. The van der Waals surface area contributed by atoms with E-state index < -0.39 is 28.6 Å². The molecule has 172 valence electrons. The molecule has 0 unspecified atom stereocenters. The van der Waals surface area contributed by atoms with Crippen LogP contribution in [0.15, 0.2) is 45.1 Å². The molecule has 10 nitrogen and oxygen atoms in total. The summed E-state index contributed by atoms with van der Waals surface area (Å²) in [4.78, 5) is 43.6. The van der Waals surface area contributed by atoms with Gasteiger partial charge >= 0.3 is 11.7 Å². The van der Waals surface area contributed by atoms with Crippen LogP contribution >= 0.6 is 11.8 Å². The second-order valence-corrected chi connectivity index (χ2v) is 8.21. The van der Waals surface area contributed by atoms with Crippen LogP contribution in [0.1, 0.15) is 20.3 Å². The van der Waals surface area contributed by atoms with Crippen LogP contribution in [0.2, 0.25) is 0 Å². The molecule has 0 radical (unpaired) electrons. The smallest absolute Gasteiger partial charge is 0.329 e. The van der Waals surface area contributed by atoms with Crippen molar-refractivity contribution in [2.45, 2.75) is 43.3 Å². The molecule has 11 heteroatoms. The minimum absolute atomic E-state index is 0.0213. The Kier molecular flexibility index (Phi) is 7.75. The average Bonchev–Trinajstić information content (AvgIpc) is 3.13. The van der Waals surface area contributed by atoms with E-state index >= 15 is 0 Å². The van der Waals surface area contributed by atoms with Gasteiger partial charge in [0.05, 0.1) is 13.2 Å².